The van der Waals surface area contributed by atoms with Gasteiger partial charge in [0.15, 0.2) is 11.5 Å². The summed E-state index contributed by atoms with van der Waals surface area (Å²) in [6.07, 6.45) is 0. The number of fused-ring (bicyclic) bond motifs is 4. The molecule has 1 aliphatic rings. The van der Waals surface area contributed by atoms with Crippen LogP contribution in [-0.2, 0) is 0 Å². The highest BCUT2D eigenvalue weighted by Crippen LogP contribution is 2.37. The van der Waals surface area contributed by atoms with Crippen molar-refractivity contribution in [3.63, 3.8) is 0 Å². The molecule has 1 aliphatic heterocycles. The van der Waals surface area contributed by atoms with E-state index in [0.717, 1.165) is 10.8 Å². The van der Waals surface area contributed by atoms with Crippen molar-refractivity contribution in [1.29, 1.82) is 0 Å². The molecule has 0 saturated carbocycles. The maximum absolute atomic E-state index is 12.0. The van der Waals surface area contributed by atoms with Crippen LogP contribution in [0.4, 0.5) is 0 Å². The smallest absolute Gasteiger partial charge is 0.344 e. The van der Waals surface area contributed by atoms with Crippen molar-refractivity contribution in [1.82, 2.24) is 0 Å². The fraction of sp³-hybridized carbons (Fsp3) is 0.0714. The molecule has 0 atom stereocenters. The molecule has 1 N–H and O–H groups in total. The van der Waals surface area contributed by atoms with Gasteiger partial charge in [0.1, 0.15) is 11.3 Å². The molecule has 0 fully saturated rings. The van der Waals surface area contributed by atoms with Gasteiger partial charge in [-0.15, -0.1) is 0 Å². The zero-order valence-electron chi connectivity index (χ0n) is 9.67. The fourth-order valence-electron chi connectivity index (χ4n) is 2.31. The van der Waals surface area contributed by atoms with E-state index >= 15 is 0 Å². The zero-order chi connectivity index (χ0) is 13.0. The van der Waals surface area contributed by atoms with Gasteiger partial charge < -0.3 is 19.0 Å². The molecule has 94 valence electrons. The fourth-order valence-corrected chi connectivity index (χ4v) is 2.31. The van der Waals surface area contributed by atoms with E-state index in [9.17, 15) is 9.90 Å². The van der Waals surface area contributed by atoms with Crippen molar-refractivity contribution in [3.05, 3.63) is 40.8 Å². The number of hydrogen-bond acceptors (Lipinski definition) is 5. The Labute approximate surface area is 106 Å². The van der Waals surface area contributed by atoms with Crippen molar-refractivity contribution < 1.29 is 19.0 Å². The number of aromatic hydroxyl groups is 1. The maximum atomic E-state index is 12.0. The quantitative estimate of drug-likeness (QED) is 0.494. The molecule has 0 spiro atoms. The lowest BCUT2D eigenvalue weighted by atomic mass is 10.1. The second-order valence-corrected chi connectivity index (χ2v) is 4.32. The Morgan fingerprint density at radius 3 is 2.47 bits per heavy atom. The summed E-state index contributed by atoms with van der Waals surface area (Å²) in [5, 5.41) is 11.3. The minimum atomic E-state index is -0.466. The lowest BCUT2D eigenvalue weighted by Crippen LogP contribution is -1.99. The minimum Gasteiger partial charge on any atom is -0.508 e. The van der Waals surface area contributed by atoms with E-state index in [-0.39, 0.29) is 12.5 Å². The molecule has 3 aromatic rings. The molecule has 0 bridgehead atoms. The molecule has 0 aliphatic carbocycles. The summed E-state index contributed by atoms with van der Waals surface area (Å²) in [5.74, 6) is 1.20. The molecule has 19 heavy (non-hydrogen) atoms. The van der Waals surface area contributed by atoms with E-state index in [2.05, 4.69) is 0 Å². The monoisotopic (exact) mass is 256 g/mol. The van der Waals surface area contributed by atoms with Crippen LogP contribution in [0.25, 0.3) is 21.7 Å². The molecule has 0 saturated heterocycles. The summed E-state index contributed by atoms with van der Waals surface area (Å²) in [6, 6.07) is 8.05. The summed E-state index contributed by atoms with van der Waals surface area (Å²) in [5.41, 5.74) is -0.122. The van der Waals surface area contributed by atoms with Crippen LogP contribution in [0.5, 0.6) is 17.2 Å². The standard InChI is InChI=1S/C14H8O5/c15-7-1-2-8-9-4-12-13(18-6-17-12)5-10(9)14(16)19-11(8)3-7/h1-5,15H,6H2. The van der Waals surface area contributed by atoms with Crippen molar-refractivity contribution in [3.8, 4) is 17.2 Å². The summed E-state index contributed by atoms with van der Waals surface area (Å²) in [7, 11) is 0. The van der Waals surface area contributed by atoms with Gasteiger partial charge in [0.25, 0.3) is 0 Å². The Kier molecular flexibility index (Phi) is 1.84. The molecule has 4 rings (SSSR count). The number of benzene rings is 2. The van der Waals surface area contributed by atoms with E-state index in [1.807, 2.05) is 0 Å². The first-order chi connectivity index (χ1) is 9.22. The lowest BCUT2D eigenvalue weighted by Gasteiger charge is -2.04. The first kappa shape index (κ1) is 10.3. The molecule has 2 aromatic carbocycles. The molecule has 5 nitrogen and oxygen atoms in total. The van der Waals surface area contributed by atoms with Gasteiger partial charge in [0, 0.05) is 16.8 Å². The van der Waals surface area contributed by atoms with E-state index in [0.29, 0.717) is 22.5 Å². The molecule has 0 unspecified atom stereocenters. The van der Waals surface area contributed by atoms with Crippen LogP contribution in [0.15, 0.2) is 39.5 Å². The topological polar surface area (TPSA) is 68.9 Å². The van der Waals surface area contributed by atoms with E-state index in [4.69, 9.17) is 13.9 Å². The molecule has 1 aromatic heterocycles. The third kappa shape index (κ3) is 1.38. The van der Waals surface area contributed by atoms with Crippen LogP contribution < -0.4 is 15.1 Å². The van der Waals surface area contributed by atoms with Gasteiger partial charge in [-0.05, 0) is 24.3 Å². The van der Waals surface area contributed by atoms with E-state index < -0.39 is 5.63 Å². The summed E-state index contributed by atoms with van der Waals surface area (Å²) >= 11 is 0. The van der Waals surface area contributed by atoms with Crippen LogP contribution in [0.3, 0.4) is 0 Å². The van der Waals surface area contributed by atoms with Gasteiger partial charge in [0.05, 0.1) is 5.39 Å². The Balaban J connectivity index is 2.23. The van der Waals surface area contributed by atoms with Crippen molar-refractivity contribution in [2.24, 2.45) is 0 Å². The van der Waals surface area contributed by atoms with Gasteiger partial charge in [-0.3, -0.25) is 0 Å². The van der Waals surface area contributed by atoms with Crippen LogP contribution in [0.2, 0.25) is 0 Å². The largest absolute Gasteiger partial charge is 0.508 e. The lowest BCUT2D eigenvalue weighted by molar-refractivity contribution is 0.174. The highest BCUT2D eigenvalue weighted by molar-refractivity contribution is 6.05. The average Bonchev–Trinajstić information content (AvgIpc) is 2.84. The second kappa shape index (κ2) is 3.41. The summed E-state index contributed by atoms with van der Waals surface area (Å²) in [4.78, 5) is 12.0. The predicted octanol–water partition coefficient (Wildman–Crippen LogP) is 2.38. The first-order valence-electron chi connectivity index (χ1n) is 5.71. The first-order valence-corrected chi connectivity index (χ1v) is 5.71. The predicted molar refractivity (Wildman–Crippen MR) is 67.8 cm³/mol. The molecule has 0 radical (unpaired) electrons. The van der Waals surface area contributed by atoms with E-state index in [1.165, 1.54) is 6.07 Å². The van der Waals surface area contributed by atoms with Crippen molar-refractivity contribution >= 4 is 21.7 Å². The summed E-state index contributed by atoms with van der Waals surface area (Å²) < 4.78 is 15.8. The SMILES string of the molecule is O=c1oc2cc(O)ccc2c2cc3c(cc12)OCO3. The third-order valence-corrected chi connectivity index (χ3v) is 3.19. The third-order valence-electron chi connectivity index (χ3n) is 3.19. The van der Waals surface area contributed by atoms with Gasteiger partial charge in [-0.25, -0.2) is 4.79 Å². The molecular weight excluding hydrogens is 248 g/mol. The van der Waals surface area contributed by atoms with Crippen LogP contribution in [-0.4, -0.2) is 11.9 Å². The zero-order valence-corrected chi connectivity index (χ0v) is 9.67. The normalized spacial score (nSPS) is 13.3. The highest BCUT2D eigenvalue weighted by Gasteiger charge is 2.17. The van der Waals surface area contributed by atoms with E-state index in [1.54, 1.807) is 24.3 Å². The average molecular weight is 256 g/mol. The maximum Gasteiger partial charge on any atom is 0.344 e. The molecular formula is C14H8O5. The van der Waals surface area contributed by atoms with Gasteiger partial charge in [0.2, 0.25) is 6.79 Å². The van der Waals surface area contributed by atoms with Gasteiger partial charge >= 0.3 is 5.63 Å². The Morgan fingerprint density at radius 2 is 1.68 bits per heavy atom. The highest BCUT2D eigenvalue weighted by atomic mass is 16.7. The Hall–Kier alpha value is -2.69. The molecule has 0 amide bonds. The number of ether oxygens (including phenoxy) is 2. The van der Waals surface area contributed by atoms with Crippen LogP contribution in [0.1, 0.15) is 0 Å². The van der Waals surface area contributed by atoms with Crippen molar-refractivity contribution in [2.75, 3.05) is 6.79 Å². The van der Waals surface area contributed by atoms with Crippen LogP contribution in [0, 0.1) is 0 Å². The number of phenolic OH excluding ortho intramolecular Hbond substituents is 1. The molecule has 2 heterocycles. The number of phenols is 1. The Morgan fingerprint density at radius 1 is 0.947 bits per heavy atom. The van der Waals surface area contributed by atoms with Crippen molar-refractivity contribution in [2.45, 2.75) is 0 Å². The van der Waals surface area contributed by atoms with Gasteiger partial charge in [-0.1, -0.05) is 0 Å². The Bertz CT molecular complexity index is 878. The summed E-state index contributed by atoms with van der Waals surface area (Å²) in [6.45, 7) is 0.149. The van der Waals surface area contributed by atoms with Gasteiger partial charge in [-0.2, -0.15) is 0 Å². The second-order valence-electron chi connectivity index (χ2n) is 4.32. The minimum absolute atomic E-state index is 0.0516. The number of hydrogen-bond donors (Lipinski definition) is 1. The molecule has 5 heteroatoms. The number of rotatable bonds is 0. The van der Waals surface area contributed by atoms with Crippen LogP contribution >= 0.6 is 0 Å².